The second-order valence-corrected chi connectivity index (χ2v) is 8.10. The van der Waals surface area contributed by atoms with E-state index in [1.165, 1.54) is 11.0 Å². The van der Waals surface area contributed by atoms with Gasteiger partial charge in [0.1, 0.15) is 0 Å². The molecule has 1 amide bonds. The van der Waals surface area contributed by atoms with E-state index in [4.69, 9.17) is 11.6 Å². The quantitative estimate of drug-likeness (QED) is 0.779. The van der Waals surface area contributed by atoms with E-state index in [0.717, 1.165) is 12.1 Å². The van der Waals surface area contributed by atoms with Crippen LogP contribution >= 0.6 is 11.6 Å². The van der Waals surface area contributed by atoms with Crippen LogP contribution in [0.3, 0.4) is 0 Å². The molecule has 0 N–H and O–H groups in total. The third-order valence-corrected chi connectivity index (χ3v) is 6.12. The van der Waals surface area contributed by atoms with Gasteiger partial charge < -0.3 is 4.90 Å². The average Bonchev–Trinajstić information content (AvgIpc) is 2.79. The average molecular weight is 354 g/mol. The molecule has 0 unspecified atom stereocenters. The van der Waals surface area contributed by atoms with Crippen molar-refractivity contribution in [3.8, 4) is 0 Å². The molecule has 2 fully saturated rings. The number of benzene rings is 1. The summed E-state index contributed by atoms with van der Waals surface area (Å²) in [5.41, 5.74) is -1.00. The SMILES string of the molecule is O=C1C[C@H]2CS(=O)(=O)C[C@@H]2N1c1ccc(Cl)c(C(F)(F)F)c1. The summed E-state index contributed by atoms with van der Waals surface area (Å²) in [6, 6.07) is 2.58. The summed E-state index contributed by atoms with van der Waals surface area (Å²) in [6.07, 6.45) is -4.61. The van der Waals surface area contributed by atoms with E-state index in [9.17, 15) is 26.4 Å². The molecule has 2 aliphatic rings. The molecule has 22 heavy (non-hydrogen) atoms. The minimum absolute atomic E-state index is 0.0336. The minimum Gasteiger partial charge on any atom is -0.308 e. The third kappa shape index (κ3) is 2.58. The normalized spacial score (nSPS) is 27.3. The maximum absolute atomic E-state index is 12.9. The highest BCUT2D eigenvalue weighted by atomic mass is 35.5. The van der Waals surface area contributed by atoms with E-state index in [1.54, 1.807) is 0 Å². The van der Waals surface area contributed by atoms with Crippen LogP contribution in [0.15, 0.2) is 18.2 Å². The molecule has 2 aliphatic heterocycles. The zero-order valence-electron chi connectivity index (χ0n) is 11.1. The number of hydrogen-bond acceptors (Lipinski definition) is 3. The van der Waals surface area contributed by atoms with Gasteiger partial charge in [-0.2, -0.15) is 13.2 Å². The van der Waals surface area contributed by atoms with E-state index in [-0.39, 0.29) is 35.4 Å². The molecule has 0 aliphatic carbocycles. The third-order valence-electron chi connectivity index (χ3n) is 4.01. The monoisotopic (exact) mass is 353 g/mol. The number of carbonyl (C=O) groups is 1. The topological polar surface area (TPSA) is 54.5 Å². The summed E-state index contributed by atoms with van der Waals surface area (Å²) < 4.78 is 62.1. The van der Waals surface area contributed by atoms with Crippen molar-refractivity contribution in [2.75, 3.05) is 16.4 Å². The second kappa shape index (κ2) is 4.86. The zero-order chi connectivity index (χ0) is 16.3. The van der Waals surface area contributed by atoms with E-state index in [2.05, 4.69) is 0 Å². The Kier molecular flexibility index (Phi) is 3.45. The number of sulfone groups is 1. The van der Waals surface area contributed by atoms with Crippen LogP contribution < -0.4 is 4.90 Å². The zero-order valence-corrected chi connectivity index (χ0v) is 12.7. The molecule has 0 bridgehead atoms. The van der Waals surface area contributed by atoms with E-state index in [1.807, 2.05) is 0 Å². The molecule has 1 aromatic carbocycles. The number of hydrogen-bond donors (Lipinski definition) is 0. The number of amides is 1. The molecule has 0 saturated carbocycles. The highest BCUT2D eigenvalue weighted by molar-refractivity contribution is 7.91. The van der Waals surface area contributed by atoms with Gasteiger partial charge in [-0.3, -0.25) is 4.79 Å². The Labute approximate surface area is 129 Å². The summed E-state index contributed by atoms with van der Waals surface area (Å²) in [5.74, 6) is -1.03. The molecule has 4 nitrogen and oxygen atoms in total. The second-order valence-electron chi connectivity index (χ2n) is 5.53. The van der Waals surface area contributed by atoms with Gasteiger partial charge in [-0.15, -0.1) is 0 Å². The van der Waals surface area contributed by atoms with Crippen LogP contribution in [-0.2, 0) is 20.8 Å². The summed E-state index contributed by atoms with van der Waals surface area (Å²) in [4.78, 5) is 13.2. The number of anilines is 1. The number of halogens is 4. The van der Waals surface area contributed by atoms with Gasteiger partial charge in [-0.1, -0.05) is 11.6 Å². The Morgan fingerprint density at radius 3 is 2.55 bits per heavy atom. The van der Waals surface area contributed by atoms with Crippen molar-refractivity contribution in [1.29, 1.82) is 0 Å². The lowest BCUT2D eigenvalue weighted by Gasteiger charge is -2.24. The maximum Gasteiger partial charge on any atom is 0.417 e. The molecule has 0 radical (unpaired) electrons. The summed E-state index contributed by atoms with van der Waals surface area (Å²) in [6.45, 7) is 0. The van der Waals surface area contributed by atoms with Crippen LogP contribution in [0, 0.1) is 5.92 Å². The van der Waals surface area contributed by atoms with E-state index >= 15 is 0 Å². The Hall–Kier alpha value is -1.28. The van der Waals surface area contributed by atoms with Crippen molar-refractivity contribution in [2.24, 2.45) is 5.92 Å². The molecule has 120 valence electrons. The van der Waals surface area contributed by atoms with Gasteiger partial charge >= 0.3 is 6.18 Å². The molecular weight excluding hydrogens is 343 g/mol. The van der Waals surface area contributed by atoms with Gasteiger partial charge in [-0.25, -0.2) is 8.42 Å². The summed E-state index contributed by atoms with van der Waals surface area (Å²) >= 11 is 5.56. The molecule has 2 saturated heterocycles. The highest BCUT2D eigenvalue weighted by Crippen LogP contribution is 2.41. The predicted octanol–water partition coefficient (Wildman–Crippen LogP) is 2.51. The van der Waals surface area contributed by atoms with E-state index < -0.39 is 32.6 Å². The first kappa shape index (κ1) is 15.6. The standard InChI is InChI=1S/C13H11ClF3NO3S/c14-10-2-1-8(4-9(10)13(15,16)17)18-11-6-22(20,21)5-7(11)3-12(18)19/h1-2,4,7,11H,3,5-6H2/t7-,11-/m0/s1. The van der Waals surface area contributed by atoms with Gasteiger partial charge in [0.25, 0.3) is 0 Å². The molecule has 9 heteroatoms. The van der Waals surface area contributed by atoms with Gasteiger partial charge in [0.15, 0.2) is 9.84 Å². The van der Waals surface area contributed by atoms with Gasteiger partial charge in [0.2, 0.25) is 5.91 Å². The molecule has 2 heterocycles. The van der Waals surface area contributed by atoms with E-state index in [0.29, 0.717) is 0 Å². The molecule has 2 atom stereocenters. The molecule has 0 aromatic heterocycles. The Morgan fingerprint density at radius 1 is 1.23 bits per heavy atom. The highest BCUT2D eigenvalue weighted by Gasteiger charge is 2.49. The van der Waals surface area contributed by atoms with Crippen LogP contribution in [0.4, 0.5) is 18.9 Å². The number of carbonyl (C=O) groups excluding carboxylic acids is 1. The van der Waals surface area contributed by atoms with Crippen LogP contribution in [0.25, 0.3) is 0 Å². The first-order valence-corrected chi connectivity index (χ1v) is 8.68. The molecule has 3 rings (SSSR count). The van der Waals surface area contributed by atoms with Gasteiger partial charge in [0, 0.05) is 18.0 Å². The molecule has 0 spiro atoms. The number of fused-ring (bicyclic) bond motifs is 1. The van der Waals surface area contributed by atoms with Gasteiger partial charge in [-0.05, 0) is 18.2 Å². The van der Waals surface area contributed by atoms with Crippen molar-refractivity contribution >= 4 is 33.0 Å². The predicted molar refractivity (Wildman–Crippen MR) is 74.5 cm³/mol. The first-order chi connectivity index (χ1) is 10.1. The number of rotatable bonds is 1. The summed E-state index contributed by atoms with van der Waals surface area (Å²) in [5, 5.41) is -0.460. The molecule has 1 aromatic rings. The largest absolute Gasteiger partial charge is 0.417 e. The van der Waals surface area contributed by atoms with Crippen LogP contribution in [0.2, 0.25) is 5.02 Å². The van der Waals surface area contributed by atoms with Crippen LogP contribution in [-0.4, -0.2) is 31.9 Å². The number of nitrogens with zero attached hydrogens (tertiary/aromatic N) is 1. The van der Waals surface area contributed by atoms with Crippen LogP contribution in [0.5, 0.6) is 0 Å². The van der Waals surface area contributed by atoms with Crippen molar-refractivity contribution in [3.63, 3.8) is 0 Å². The fraction of sp³-hybridized carbons (Fsp3) is 0.462. The fourth-order valence-corrected chi connectivity index (χ4v) is 5.40. The molecular formula is C13H11ClF3NO3S. The van der Waals surface area contributed by atoms with Crippen molar-refractivity contribution in [2.45, 2.75) is 18.6 Å². The first-order valence-electron chi connectivity index (χ1n) is 6.48. The lowest BCUT2D eigenvalue weighted by molar-refractivity contribution is -0.137. The smallest absolute Gasteiger partial charge is 0.308 e. The lowest BCUT2D eigenvalue weighted by atomic mass is 10.0. The fourth-order valence-electron chi connectivity index (χ4n) is 3.11. The van der Waals surface area contributed by atoms with Gasteiger partial charge in [0.05, 0.1) is 28.1 Å². The van der Waals surface area contributed by atoms with Crippen molar-refractivity contribution in [3.05, 3.63) is 28.8 Å². The summed E-state index contributed by atoms with van der Waals surface area (Å²) in [7, 11) is -3.26. The lowest BCUT2D eigenvalue weighted by Crippen LogP contribution is -2.36. The Balaban J connectivity index is 2.02. The van der Waals surface area contributed by atoms with Crippen molar-refractivity contribution < 1.29 is 26.4 Å². The van der Waals surface area contributed by atoms with Crippen molar-refractivity contribution in [1.82, 2.24) is 0 Å². The Morgan fingerprint density at radius 2 is 1.91 bits per heavy atom. The number of alkyl halides is 3. The maximum atomic E-state index is 12.9. The Bertz CT molecular complexity index is 747. The van der Waals surface area contributed by atoms with Crippen LogP contribution in [0.1, 0.15) is 12.0 Å². The minimum atomic E-state index is -4.64.